The van der Waals surface area contributed by atoms with E-state index in [1.165, 1.54) is 16.4 Å². The Morgan fingerprint density at radius 1 is 1.32 bits per heavy atom. The molecule has 11 heteroatoms. The van der Waals surface area contributed by atoms with Crippen LogP contribution in [0.5, 0.6) is 0 Å². The van der Waals surface area contributed by atoms with Crippen LogP contribution in [-0.4, -0.2) is 62.1 Å². The molecule has 160 valence electrons. The standard InChI is InChI=1S/C17H26F2N4O2S2.HI/c1-3-20-17(22-13(2)15-5-4-14(18)12-16(15)19)21-6-11-27(24,25)23-7-9-26-10-8-23;/h4-5,12-13H,3,6-11H2,1-2H3,(H2,20,21,22);1H. The Kier molecular flexibility index (Phi) is 11.0. The first-order valence-electron chi connectivity index (χ1n) is 8.89. The summed E-state index contributed by atoms with van der Waals surface area (Å²) in [7, 11) is -3.33. The second-order valence-corrected chi connectivity index (χ2v) is 9.43. The van der Waals surface area contributed by atoms with E-state index in [1.807, 2.05) is 6.92 Å². The van der Waals surface area contributed by atoms with Gasteiger partial charge in [0.1, 0.15) is 11.6 Å². The average Bonchev–Trinajstić information content (AvgIpc) is 2.62. The SMILES string of the molecule is CCNC(=NCCS(=O)(=O)N1CCSCC1)NC(C)c1ccc(F)cc1F.I. The van der Waals surface area contributed by atoms with Gasteiger partial charge in [-0.3, -0.25) is 4.99 Å². The van der Waals surface area contributed by atoms with Crippen LogP contribution in [0, 0.1) is 11.6 Å². The monoisotopic (exact) mass is 548 g/mol. The molecule has 0 amide bonds. The smallest absolute Gasteiger partial charge is 0.215 e. The number of hydrogen-bond acceptors (Lipinski definition) is 4. The van der Waals surface area contributed by atoms with Gasteiger partial charge in [0.05, 0.1) is 18.3 Å². The van der Waals surface area contributed by atoms with Crippen molar-refractivity contribution in [1.82, 2.24) is 14.9 Å². The second kappa shape index (κ2) is 12.1. The number of nitrogens with one attached hydrogen (secondary N) is 2. The van der Waals surface area contributed by atoms with Gasteiger partial charge in [0, 0.05) is 42.8 Å². The maximum Gasteiger partial charge on any atom is 0.215 e. The van der Waals surface area contributed by atoms with Crippen LogP contribution in [0.2, 0.25) is 0 Å². The lowest BCUT2D eigenvalue weighted by Gasteiger charge is -2.25. The zero-order valence-corrected chi connectivity index (χ0v) is 19.9. The number of benzene rings is 1. The van der Waals surface area contributed by atoms with Gasteiger partial charge in [-0.15, -0.1) is 24.0 Å². The van der Waals surface area contributed by atoms with Crippen LogP contribution in [0.3, 0.4) is 0 Å². The third-order valence-electron chi connectivity index (χ3n) is 4.11. The molecular weight excluding hydrogens is 521 g/mol. The van der Waals surface area contributed by atoms with E-state index in [1.54, 1.807) is 18.7 Å². The zero-order chi connectivity index (χ0) is 19.9. The van der Waals surface area contributed by atoms with Crippen LogP contribution < -0.4 is 10.6 Å². The molecule has 1 aliphatic heterocycles. The predicted octanol–water partition coefficient (Wildman–Crippen LogP) is 2.58. The van der Waals surface area contributed by atoms with Crippen LogP contribution >= 0.6 is 35.7 Å². The van der Waals surface area contributed by atoms with Gasteiger partial charge >= 0.3 is 0 Å². The van der Waals surface area contributed by atoms with E-state index in [2.05, 4.69) is 15.6 Å². The van der Waals surface area contributed by atoms with Crippen molar-refractivity contribution in [3.05, 3.63) is 35.4 Å². The normalized spacial score (nSPS) is 16.9. The lowest BCUT2D eigenvalue weighted by atomic mass is 10.1. The summed E-state index contributed by atoms with van der Waals surface area (Å²) in [6.45, 7) is 5.35. The molecule has 2 rings (SSSR count). The number of thioether (sulfide) groups is 1. The Morgan fingerprint density at radius 2 is 2.00 bits per heavy atom. The molecule has 1 aliphatic rings. The summed E-state index contributed by atoms with van der Waals surface area (Å²) in [6.07, 6.45) is 0. The summed E-state index contributed by atoms with van der Waals surface area (Å²) in [5, 5.41) is 6.04. The van der Waals surface area contributed by atoms with Gasteiger partial charge in [-0.25, -0.2) is 21.5 Å². The molecule has 0 bridgehead atoms. The fraction of sp³-hybridized carbons (Fsp3) is 0.588. The third kappa shape index (κ3) is 7.64. The molecule has 1 atom stereocenters. The lowest BCUT2D eigenvalue weighted by Crippen LogP contribution is -2.41. The summed E-state index contributed by atoms with van der Waals surface area (Å²) in [6, 6.07) is 2.95. The van der Waals surface area contributed by atoms with Gasteiger partial charge in [-0.2, -0.15) is 11.8 Å². The van der Waals surface area contributed by atoms with Crippen LogP contribution in [0.25, 0.3) is 0 Å². The number of rotatable bonds is 7. The number of hydrogen-bond donors (Lipinski definition) is 2. The van der Waals surface area contributed by atoms with Crippen LogP contribution in [0.4, 0.5) is 8.78 Å². The van der Waals surface area contributed by atoms with Crippen LogP contribution in [-0.2, 0) is 10.0 Å². The van der Waals surface area contributed by atoms with E-state index in [4.69, 9.17) is 0 Å². The average molecular weight is 548 g/mol. The lowest BCUT2D eigenvalue weighted by molar-refractivity contribution is 0.444. The number of sulfonamides is 1. The van der Waals surface area contributed by atoms with E-state index >= 15 is 0 Å². The molecular formula is C17H27F2IN4O2S2. The highest BCUT2D eigenvalue weighted by molar-refractivity contribution is 14.0. The Balaban J connectivity index is 0.00000392. The van der Waals surface area contributed by atoms with Gasteiger partial charge in [0.15, 0.2) is 5.96 Å². The number of nitrogens with zero attached hydrogens (tertiary/aromatic N) is 2. The van der Waals surface area contributed by atoms with Crippen LogP contribution in [0.15, 0.2) is 23.2 Å². The fourth-order valence-electron chi connectivity index (χ4n) is 2.68. The molecule has 1 saturated heterocycles. The summed E-state index contributed by atoms with van der Waals surface area (Å²) in [5.41, 5.74) is 0.306. The number of halogens is 3. The van der Waals surface area contributed by atoms with Crippen molar-refractivity contribution >= 4 is 51.7 Å². The minimum atomic E-state index is -3.33. The van der Waals surface area contributed by atoms with Gasteiger partial charge < -0.3 is 10.6 Å². The Morgan fingerprint density at radius 3 is 2.61 bits per heavy atom. The highest BCUT2D eigenvalue weighted by Gasteiger charge is 2.23. The molecule has 1 aromatic rings. The summed E-state index contributed by atoms with van der Waals surface area (Å²) in [5.74, 6) is 0.661. The molecule has 0 radical (unpaired) electrons. The van der Waals surface area contributed by atoms with Crippen molar-refractivity contribution in [3.63, 3.8) is 0 Å². The quantitative estimate of drug-likeness (QED) is 0.312. The first-order valence-corrected chi connectivity index (χ1v) is 11.6. The maximum atomic E-state index is 13.9. The van der Waals surface area contributed by atoms with Crippen molar-refractivity contribution < 1.29 is 17.2 Å². The van der Waals surface area contributed by atoms with Crippen molar-refractivity contribution in [1.29, 1.82) is 0 Å². The van der Waals surface area contributed by atoms with Crippen molar-refractivity contribution in [3.8, 4) is 0 Å². The zero-order valence-electron chi connectivity index (χ0n) is 16.0. The Hall–Kier alpha value is -0.660. The van der Waals surface area contributed by atoms with E-state index in [9.17, 15) is 17.2 Å². The molecule has 28 heavy (non-hydrogen) atoms. The predicted molar refractivity (Wildman–Crippen MR) is 122 cm³/mol. The minimum Gasteiger partial charge on any atom is -0.357 e. The highest BCUT2D eigenvalue weighted by Crippen LogP contribution is 2.17. The van der Waals surface area contributed by atoms with Crippen LogP contribution in [0.1, 0.15) is 25.5 Å². The summed E-state index contributed by atoms with van der Waals surface area (Å²) in [4.78, 5) is 4.29. The minimum absolute atomic E-state index is 0. The molecule has 0 aliphatic carbocycles. The van der Waals surface area contributed by atoms with E-state index < -0.39 is 27.7 Å². The number of aliphatic imine (C=N–C) groups is 1. The van der Waals surface area contributed by atoms with Gasteiger partial charge in [0.2, 0.25) is 10.0 Å². The van der Waals surface area contributed by atoms with E-state index in [0.717, 1.165) is 17.6 Å². The van der Waals surface area contributed by atoms with Crippen molar-refractivity contribution in [2.75, 3.05) is 43.4 Å². The second-order valence-electron chi connectivity index (χ2n) is 6.12. The highest BCUT2D eigenvalue weighted by atomic mass is 127. The van der Waals surface area contributed by atoms with E-state index in [0.29, 0.717) is 31.2 Å². The molecule has 0 aromatic heterocycles. The largest absolute Gasteiger partial charge is 0.357 e. The molecule has 0 spiro atoms. The first kappa shape index (κ1) is 25.4. The molecule has 0 saturated carbocycles. The topological polar surface area (TPSA) is 73.8 Å². The number of guanidine groups is 1. The first-order chi connectivity index (χ1) is 12.8. The Bertz CT molecular complexity index is 760. The Labute approximate surface area is 187 Å². The van der Waals surface area contributed by atoms with Gasteiger partial charge in [-0.1, -0.05) is 6.07 Å². The molecule has 1 unspecified atom stereocenters. The van der Waals surface area contributed by atoms with Crippen molar-refractivity contribution in [2.45, 2.75) is 19.9 Å². The fourth-order valence-corrected chi connectivity index (χ4v) is 5.14. The summed E-state index contributed by atoms with van der Waals surface area (Å²) >= 11 is 1.75. The van der Waals surface area contributed by atoms with E-state index in [-0.39, 0.29) is 36.3 Å². The molecule has 1 fully saturated rings. The summed E-state index contributed by atoms with van der Waals surface area (Å²) < 4.78 is 53.2. The third-order valence-corrected chi connectivity index (χ3v) is 6.90. The molecule has 6 nitrogen and oxygen atoms in total. The maximum absolute atomic E-state index is 13.9. The molecule has 2 N–H and O–H groups in total. The van der Waals surface area contributed by atoms with Gasteiger partial charge in [0.25, 0.3) is 0 Å². The van der Waals surface area contributed by atoms with Crippen molar-refractivity contribution in [2.24, 2.45) is 4.99 Å². The molecule has 1 heterocycles. The molecule has 1 aromatic carbocycles. The van der Waals surface area contributed by atoms with Gasteiger partial charge in [-0.05, 0) is 19.9 Å².